The second kappa shape index (κ2) is 11.2. The number of pyridine rings is 1. The SMILES string of the molecule is O=C(Nc1ccc(C(=O)Nc2ccccc2)cc1)NC1CCN(CCc2ccncc2)CC1. The van der Waals surface area contributed by atoms with Crippen molar-refractivity contribution in [3.8, 4) is 0 Å². The standard InChI is InChI=1S/C26H29N5O2/c32-25(28-22-4-2-1-3-5-22)21-6-8-23(9-7-21)29-26(33)30-24-13-18-31(19-14-24)17-12-20-10-15-27-16-11-20/h1-11,15-16,24H,12-14,17-19H2,(H,28,32)(H2,29,30,33). The fourth-order valence-electron chi connectivity index (χ4n) is 3.92. The molecule has 2 heterocycles. The van der Waals surface area contributed by atoms with Crippen LogP contribution in [0.1, 0.15) is 28.8 Å². The van der Waals surface area contributed by atoms with Crippen LogP contribution in [0.25, 0.3) is 0 Å². The molecule has 2 aromatic carbocycles. The first kappa shape index (κ1) is 22.5. The van der Waals surface area contributed by atoms with Gasteiger partial charge in [-0.15, -0.1) is 0 Å². The van der Waals surface area contributed by atoms with Crippen molar-refractivity contribution in [2.45, 2.75) is 25.3 Å². The van der Waals surface area contributed by atoms with Gasteiger partial charge in [-0.2, -0.15) is 0 Å². The Bertz CT molecular complexity index is 1030. The van der Waals surface area contributed by atoms with Crippen molar-refractivity contribution in [2.24, 2.45) is 0 Å². The number of carbonyl (C=O) groups excluding carboxylic acids is 2. The zero-order valence-electron chi connectivity index (χ0n) is 18.5. The zero-order valence-corrected chi connectivity index (χ0v) is 18.5. The Hall–Kier alpha value is -3.71. The van der Waals surface area contributed by atoms with Crippen LogP contribution in [0.15, 0.2) is 79.1 Å². The van der Waals surface area contributed by atoms with Crippen molar-refractivity contribution in [1.82, 2.24) is 15.2 Å². The first-order valence-electron chi connectivity index (χ1n) is 11.3. The number of nitrogens with zero attached hydrogens (tertiary/aromatic N) is 2. The van der Waals surface area contributed by atoms with E-state index in [1.807, 2.05) is 42.7 Å². The molecule has 1 saturated heterocycles. The van der Waals surface area contributed by atoms with Gasteiger partial charge in [-0.1, -0.05) is 18.2 Å². The topological polar surface area (TPSA) is 86.4 Å². The maximum Gasteiger partial charge on any atom is 0.319 e. The highest BCUT2D eigenvalue weighted by Gasteiger charge is 2.20. The predicted octanol–water partition coefficient (Wildman–Crippen LogP) is 4.16. The normalized spacial score (nSPS) is 14.4. The number of rotatable bonds is 7. The lowest BCUT2D eigenvalue weighted by Crippen LogP contribution is -2.46. The lowest BCUT2D eigenvalue weighted by Gasteiger charge is -2.32. The number of hydrogen-bond donors (Lipinski definition) is 3. The molecule has 7 nitrogen and oxygen atoms in total. The van der Waals surface area contributed by atoms with E-state index in [1.54, 1.807) is 24.3 Å². The Morgan fingerprint density at radius 2 is 1.52 bits per heavy atom. The Balaban J connectivity index is 1.18. The average molecular weight is 444 g/mol. The maximum atomic E-state index is 12.4. The van der Waals surface area contributed by atoms with Gasteiger partial charge in [0.2, 0.25) is 0 Å². The van der Waals surface area contributed by atoms with E-state index in [0.29, 0.717) is 11.3 Å². The molecule has 7 heteroatoms. The van der Waals surface area contributed by atoms with Crippen molar-refractivity contribution in [1.29, 1.82) is 0 Å². The highest BCUT2D eigenvalue weighted by Crippen LogP contribution is 2.14. The van der Waals surface area contributed by atoms with Crippen molar-refractivity contribution < 1.29 is 9.59 Å². The van der Waals surface area contributed by atoms with E-state index >= 15 is 0 Å². The Labute approximate surface area is 194 Å². The van der Waals surface area contributed by atoms with E-state index in [-0.39, 0.29) is 18.0 Å². The summed E-state index contributed by atoms with van der Waals surface area (Å²) in [6, 6.07) is 20.3. The number of anilines is 2. The molecule has 33 heavy (non-hydrogen) atoms. The molecule has 3 N–H and O–H groups in total. The summed E-state index contributed by atoms with van der Waals surface area (Å²) >= 11 is 0. The van der Waals surface area contributed by atoms with Crippen LogP contribution in [-0.2, 0) is 6.42 Å². The summed E-state index contributed by atoms with van der Waals surface area (Å²) in [6.07, 6.45) is 6.54. The molecule has 0 spiro atoms. The first-order valence-corrected chi connectivity index (χ1v) is 11.3. The summed E-state index contributed by atoms with van der Waals surface area (Å²) in [6.45, 7) is 2.97. The van der Waals surface area contributed by atoms with Crippen LogP contribution in [0.2, 0.25) is 0 Å². The smallest absolute Gasteiger partial charge is 0.319 e. The second-order valence-electron chi connectivity index (χ2n) is 8.22. The fourth-order valence-corrected chi connectivity index (χ4v) is 3.92. The number of nitrogens with one attached hydrogen (secondary N) is 3. The minimum atomic E-state index is -0.216. The third kappa shape index (κ3) is 6.89. The number of aromatic nitrogens is 1. The number of likely N-dealkylation sites (tertiary alicyclic amines) is 1. The van der Waals surface area contributed by atoms with Crippen LogP contribution >= 0.6 is 0 Å². The van der Waals surface area contributed by atoms with E-state index < -0.39 is 0 Å². The van der Waals surface area contributed by atoms with E-state index in [9.17, 15) is 9.59 Å². The molecular formula is C26H29N5O2. The molecule has 170 valence electrons. The van der Waals surface area contributed by atoms with Crippen molar-refractivity contribution in [2.75, 3.05) is 30.3 Å². The summed E-state index contributed by atoms with van der Waals surface area (Å²) < 4.78 is 0. The fraction of sp³-hybridized carbons (Fsp3) is 0.269. The quantitative estimate of drug-likeness (QED) is 0.512. The number of hydrogen-bond acceptors (Lipinski definition) is 4. The first-order chi connectivity index (χ1) is 16.2. The van der Waals surface area contributed by atoms with Gasteiger partial charge in [0.15, 0.2) is 0 Å². The molecule has 0 unspecified atom stereocenters. The van der Waals surface area contributed by atoms with Gasteiger partial charge in [-0.3, -0.25) is 9.78 Å². The summed E-state index contributed by atoms with van der Waals surface area (Å²) in [4.78, 5) is 31.3. The molecule has 0 bridgehead atoms. The monoisotopic (exact) mass is 443 g/mol. The third-order valence-electron chi connectivity index (χ3n) is 5.83. The molecular weight excluding hydrogens is 414 g/mol. The minimum Gasteiger partial charge on any atom is -0.335 e. The second-order valence-corrected chi connectivity index (χ2v) is 8.22. The number of piperidine rings is 1. The van der Waals surface area contributed by atoms with Gasteiger partial charge in [-0.25, -0.2) is 4.79 Å². The van der Waals surface area contributed by atoms with Crippen LogP contribution in [0.3, 0.4) is 0 Å². The third-order valence-corrected chi connectivity index (χ3v) is 5.83. The van der Waals surface area contributed by atoms with Gasteiger partial charge in [-0.05, 0) is 73.4 Å². The molecule has 1 aliphatic rings. The number of para-hydroxylation sites is 1. The van der Waals surface area contributed by atoms with Gasteiger partial charge in [0.25, 0.3) is 5.91 Å². The summed E-state index contributed by atoms with van der Waals surface area (Å²) in [5.74, 6) is -0.187. The van der Waals surface area contributed by atoms with Crippen LogP contribution in [0.5, 0.6) is 0 Å². The van der Waals surface area contributed by atoms with E-state index in [0.717, 1.165) is 44.6 Å². The lowest BCUT2D eigenvalue weighted by molar-refractivity contribution is 0.102. The summed E-state index contributed by atoms with van der Waals surface area (Å²) in [5.41, 5.74) is 3.23. The molecule has 0 radical (unpaired) electrons. The van der Waals surface area contributed by atoms with E-state index in [1.165, 1.54) is 5.56 Å². The highest BCUT2D eigenvalue weighted by molar-refractivity contribution is 6.04. The van der Waals surface area contributed by atoms with Gasteiger partial charge < -0.3 is 20.9 Å². The van der Waals surface area contributed by atoms with Crippen LogP contribution < -0.4 is 16.0 Å². The van der Waals surface area contributed by atoms with Crippen molar-refractivity contribution in [3.05, 3.63) is 90.3 Å². The molecule has 0 aliphatic carbocycles. The van der Waals surface area contributed by atoms with E-state index in [4.69, 9.17) is 0 Å². The van der Waals surface area contributed by atoms with Gasteiger partial charge in [0.05, 0.1) is 0 Å². The van der Waals surface area contributed by atoms with Crippen molar-refractivity contribution in [3.63, 3.8) is 0 Å². The Morgan fingerprint density at radius 1 is 0.848 bits per heavy atom. The van der Waals surface area contributed by atoms with Crippen LogP contribution in [-0.4, -0.2) is 47.5 Å². The Kier molecular flexibility index (Phi) is 7.66. The maximum absolute atomic E-state index is 12.4. The van der Waals surface area contributed by atoms with Gasteiger partial charge in [0, 0.05) is 55.0 Å². The number of carbonyl (C=O) groups is 2. The predicted molar refractivity (Wildman–Crippen MR) is 130 cm³/mol. The molecule has 3 amide bonds. The van der Waals surface area contributed by atoms with Gasteiger partial charge in [0.1, 0.15) is 0 Å². The number of benzene rings is 2. The Morgan fingerprint density at radius 3 is 2.21 bits per heavy atom. The molecule has 4 rings (SSSR count). The highest BCUT2D eigenvalue weighted by atomic mass is 16.2. The lowest BCUT2D eigenvalue weighted by atomic mass is 10.0. The molecule has 0 atom stereocenters. The summed E-state index contributed by atoms with van der Waals surface area (Å²) in [5, 5.41) is 8.78. The molecule has 0 saturated carbocycles. The van der Waals surface area contributed by atoms with E-state index in [2.05, 4.69) is 38.0 Å². The molecule has 1 fully saturated rings. The average Bonchev–Trinajstić information content (AvgIpc) is 2.85. The van der Waals surface area contributed by atoms with Crippen molar-refractivity contribution >= 4 is 23.3 Å². The zero-order chi connectivity index (χ0) is 22.9. The van der Waals surface area contributed by atoms with Gasteiger partial charge >= 0.3 is 6.03 Å². The van der Waals surface area contributed by atoms with Crippen LogP contribution in [0.4, 0.5) is 16.2 Å². The number of amides is 3. The molecule has 1 aromatic heterocycles. The van der Waals surface area contributed by atoms with Crippen LogP contribution in [0, 0.1) is 0 Å². The summed E-state index contributed by atoms with van der Waals surface area (Å²) in [7, 11) is 0. The molecule has 1 aliphatic heterocycles. The number of urea groups is 1. The largest absolute Gasteiger partial charge is 0.335 e. The molecule has 3 aromatic rings. The minimum absolute atomic E-state index is 0.165.